The van der Waals surface area contributed by atoms with Gasteiger partial charge < -0.3 is 10.0 Å². The molecule has 1 unspecified atom stereocenters. The lowest BCUT2D eigenvalue weighted by molar-refractivity contribution is -0.384. The number of rotatable bonds is 6. The van der Waals surface area contributed by atoms with Crippen LogP contribution < -0.4 is 0 Å². The number of carbonyl (C=O) groups excluding carboxylic acids is 2. The van der Waals surface area contributed by atoms with Crippen molar-refractivity contribution in [1.82, 2.24) is 4.90 Å². The lowest BCUT2D eigenvalue weighted by atomic mass is 9.95. The van der Waals surface area contributed by atoms with Crippen LogP contribution in [-0.4, -0.2) is 33.2 Å². The first-order valence-corrected chi connectivity index (χ1v) is 10.2. The van der Waals surface area contributed by atoms with Gasteiger partial charge in [0.1, 0.15) is 11.6 Å². The molecule has 3 aromatic rings. The molecule has 0 saturated carbocycles. The first kappa shape index (κ1) is 21.9. The first-order chi connectivity index (χ1) is 15.9. The number of aliphatic hydroxyl groups is 1. The molecule has 1 saturated heterocycles. The minimum absolute atomic E-state index is 0.140. The molecule has 33 heavy (non-hydrogen) atoms. The van der Waals surface area contributed by atoms with Gasteiger partial charge in [-0.2, -0.15) is 0 Å². The van der Waals surface area contributed by atoms with E-state index < -0.39 is 34.2 Å². The Balaban J connectivity index is 1.79. The lowest BCUT2D eigenvalue weighted by Crippen LogP contribution is -2.31. The summed E-state index contributed by atoms with van der Waals surface area (Å²) < 4.78 is 13.4. The van der Waals surface area contributed by atoms with Crippen LogP contribution >= 0.6 is 0 Å². The Morgan fingerprint density at radius 2 is 1.61 bits per heavy atom. The molecule has 1 atom stereocenters. The molecular weight excluding hydrogens is 427 g/mol. The van der Waals surface area contributed by atoms with E-state index >= 15 is 0 Å². The maximum absolute atomic E-state index is 13.4. The third-order valence-corrected chi connectivity index (χ3v) is 5.56. The van der Waals surface area contributed by atoms with Crippen LogP contribution in [0.2, 0.25) is 0 Å². The van der Waals surface area contributed by atoms with Crippen LogP contribution in [0, 0.1) is 15.9 Å². The van der Waals surface area contributed by atoms with E-state index in [1.54, 1.807) is 0 Å². The van der Waals surface area contributed by atoms with Crippen molar-refractivity contribution in [1.29, 1.82) is 0 Å². The molecule has 1 amide bonds. The number of nitrogens with zero attached hydrogens (tertiary/aromatic N) is 2. The van der Waals surface area contributed by atoms with Gasteiger partial charge in [-0.25, -0.2) is 4.39 Å². The molecule has 0 bridgehead atoms. The van der Waals surface area contributed by atoms with Crippen LogP contribution in [0.15, 0.2) is 84.4 Å². The summed E-state index contributed by atoms with van der Waals surface area (Å²) in [7, 11) is 0. The van der Waals surface area contributed by atoms with E-state index in [9.17, 15) is 29.2 Å². The zero-order chi connectivity index (χ0) is 23.5. The molecule has 7 nitrogen and oxygen atoms in total. The number of benzene rings is 3. The fraction of sp³-hybridized carbons (Fsp3) is 0.120. The van der Waals surface area contributed by atoms with Gasteiger partial charge in [0.15, 0.2) is 0 Å². The largest absolute Gasteiger partial charge is 0.507 e. The Labute approximate surface area is 188 Å². The highest BCUT2D eigenvalue weighted by Gasteiger charge is 2.45. The van der Waals surface area contributed by atoms with Gasteiger partial charge in [-0.05, 0) is 53.9 Å². The second kappa shape index (κ2) is 9.04. The van der Waals surface area contributed by atoms with Crippen LogP contribution in [0.5, 0.6) is 0 Å². The number of halogens is 1. The fourth-order valence-electron chi connectivity index (χ4n) is 3.89. The van der Waals surface area contributed by atoms with E-state index in [1.807, 2.05) is 30.3 Å². The van der Waals surface area contributed by atoms with Crippen LogP contribution in [0.4, 0.5) is 10.1 Å². The fourth-order valence-corrected chi connectivity index (χ4v) is 3.89. The number of nitro groups is 1. The molecule has 1 fully saturated rings. The van der Waals surface area contributed by atoms with Gasteiger partial charge >= 0.3 is 0 Å². The highest BCUT2D eigenvalue weighted by atomic mass is 19.1. The topological polar surface area (TPSA) is 101 Å². The first-order valence-electron chi connectivity index (χ1n) is 10.2. The van der Waals surface area contributed by atoms with Crippen LogP contribution in [0.3, 0.4) is 0 Å². The SMILES string of the molecule is O=C1C(=O)N(CCc2ccccc2)C(c2ccc([N+](=O)[O-])cc2)/C1=C(\O)c1ccc(F)cc1. The molecule has 1 aliphatic rings. The van der Waals surface area contributed by atoms with Crippen molar-refractivity contribution in [3.63, 3.8) is 0 Å². The van der Waals surface area contributed by atoms with Gasteiger partial charge in [0.2, 0.25) is 0 Å². The predicted octanol–water partition coefficient (Wildman–Crippen LogP) is 4.40. The number of Topliss-reactive ketones (excluding diaryl/α,β-unsaturated/α-hetero) is 1. The molecule has 3 aromatic carbocycles. The van der Waals surface area contributed by atoms with Crippen LogP contribution in [0.1, 0.15) is 22.7 Å². The molecular formula is C25H19FN2O5. The van der Waals surface area contributed by atoms with Gasteiger partial charge in [0.05, 0.1) is 16.5 Å². The van der Waals surface area contributed by atoms with E-state index in [1.165, 1.54) is 41.3 Å². The highest BCUT2D eigenvalue weighted by Crippen LogP contribution is 2.39. The van der Waals surface area contributed by atoms with Crippen molar-refractivity contribution in [3.05, 3.63) is 117 Å². The highest BCUT2D eigenvalue weighted by molar-refractivity contribution is 6.46. The van der Waals surface area contributed by atoms with Crippen LogP contribution in [0.25, 0.3) is 5.76 Å². The smallest absolute Gasteiger partial charge is 0.295 e. The monoisotopic (exact) mass is 446 g/mol. The van der Waals surface area contributed by atoms with Crippen molar-refractivity contribution < 1.29 is 24.0 Å². The summed E-state index contributed by atoms with van der Waals surface area (Å²) in [5, 5.41) is 22.0. The normalized spacial score (nSPS) is 17.4. The van der Waals surface area contributed by atoms with Crippen LogP contribution in [-0.2, 0) is 16.0 Å². The van der Waals surface area contributed by atoms with Crippen molar-refractivity contribution in [2.45, 2.75) is 12.5 Å². The number of ketones is 1. The number of likely N-dealkylation sites (tertiary alicyclic amines) is 1. The Bertz CT molecular complexity index is 1240. The summed E-state index contributed by atoms with van der Waals surface area (Å²) in [5.41, 5.74) is 1.30. The maximum Gasteiger partial charge on any atom is 0.295 e. The maximum atomic E-state index is 13.4. The average molecular weight is 446 g/mol. The number of aliphatic hydroxyl groups excluding tert-OH is 1. The van der Waals surface area contributed by atoms with E-state index in [2.05, 4.69) is 0 Å². The van der Waals surface area contributed by atoms with E-state index in [4.69, 9.17) is 0 Å². The number of hydrogen-bond donors (Lipinski definition) is 1. The average Bonchev–Trinajstić information content (AvgIpc) is 3.08. The molecule has 4 rings (SSSR count). The Kier molecular flexibility index (Phi) is 5.99. The third-order valence-electron chi connectivity index (χ3n) is 5.56. The van der Waals surface area contributed by atoms with E-state index in [0.717, 1.165) is 17.7 Å². The van der Waals surface area contributed by atoms with Crippen molar-refractivity contribution in [2.24, 2.45) is 0 Å². The summed E-state index contributed by atoms with van der Waals surface area (Å²) in [6.07, 6.45) is 0.466. The summed E-state index contributed by atoms with van der Waals surface area (Å²) in [6, 6.07) is 18.9. The van der Waals surface area contributed by atoms with Crippen molar-refractivity contribution in [2.75, 3.05) is 6.54 Å². The van der Waals surface area contributed by atoms with Gasteiger partial charge in [-0.3, -0.25) is 19.7 Å². The zero-order valence-corrected chi connectivity index (χ0v) is 17.3. The molecule has 166 valence electrons. The Morgan fingerprint density at radius 1 is 0.970 bits per heavy atom. The minimum Gasteiger partial charge on any atom is -0.507 e. The van der Waals surface area contributed by atoms with Gasteiger partial charge in [0.25, 0.3) is 17.4 Å². The van der Waals surface area contributed by atoms with Gasteiger partial charge in [-0.15, -0.1) is 0 Å². The molecule has 0 aromatic heterocycles. The van der Waals surface area contributed by atoms with Crippen molar-refractivity contribution in [3.8, 4) is 0 Å². The molecule has 8 heteroatoms. The number of carbonyl (C=O) groups is 2. The molecule has 1 heterocycles. The quantitative estimate of drug-likeness (QED) is 0.199. The number of nitro benzene ring substituents is 1. The predicted molar refractivity (Wildman–Crippen MR) is 119 cm³/mol. The Hall–Kier alpha value is -4.33. The Morgan fingerprint density at radius 3 is 2.21 bits per heavy atom. The number of hydrogen-bond acceptors (Lipinski definition) is 5. The van der Waals surface area contributed by atoms with Gasteiger partial charge in [0, 0.05) is 24.2 Å². The zero-order valence-electron chi connectivity index (χ0n) is 17.3. The van der Waals surface area contributed by atoms with E-state index in [0.29, 0.717) is 12.0 Å². The summed E-state index contributed by atoms with van der Waals surface area (Å²) in [6.45, 7) is 0.191. The third kappa shape index (κ3) is 4.36. The molecule has 1 N–H and O–H groups in total. The molecule has 1 aliphatic heterocycles. The minimum atomic E-state index is -0.945. The standard InChI is InChI=1S/C25H19FN2O5/c26-19-10-6-18(7-11-19)23(29)21-22(17-8-12-20(13-9-17)28(32)33)27(25(31)24(21)30)15-14-16-4-2-1-3-5-16/h1-13,22,29H,14-15H2/b23-21+. The second-order valence-corrected chi connectivity index (χ2v) is 7.58. The molecule has 0 aliphatic carbocycles. The lowest BCUT2D eigenvalue weighted by Gasteiger charge is -2.25. The van der Waals surface area contributed by atoms with E-state index in [-0.39, 0.29) is 23.4 Å². The summed E-state index contributed by atoms with van der Waals surface area (Å²) in [4.78, 5) is 37.8. The second-order valence-electron chi connectivity index (χ2n) is 7.58. The molecule has 0 radical (unpaired) electrons. The number of amides is 1. The van der Waals surface area contributed by atoms with Gasteiger partial charge in [-0.1, -0.05) is 30.3 Å². The summed E-state index contributed by atoms with van der Waals surface area (Å²) >= 11 is 0. The summed E-state index contributed by atoms with van der Waals surface area (Å²) in [5.74, 6) is -2.59. The van der Waals surface area contributed by atoms with Crippen molar-refractivity contribution >= 4 is 23.1 Å². The molecule has 0 spiro atoms. The number of non-ortho nitro benzene ring substituents is 1.